The second kappa shape index (κ2) is 5.28. The van der Waals surface area contributed by atoms with Gasteiger partial charge in [0.25, 0.3) is 5.91 Å². The quantitative estimate of drug-likeness (QED) is 0.578. The van der Waals surface area contributed by atoms with Crippen molar-refractivity contribution in [2.75, 3.05) is 13.2 Å². The predicted molar refractivity (Wildman–Crippen MR) is 50.4 cm³/mol. The van der Waals surface area contributed by atoms with Crippen molar-refractivity contribution in [1.82, 2.24) is 5.32 Å². The van der Waals surface area contributed by atoms with E-state index in [0.29, 0.717) is 0 Å². The third kappa shape index (κ3) is 3.19. The van der Waals surface area contributed by atoms with Gasteiger partial charge in [0.05, 0.1) is 24.8 Å². The first-order valence-corrected chi connectivity index (χ1v) is 4.29. The Bertz CT molecular complexity index is 362. The van der Waals surface area contributed by atoms with Crippen LogP contribution >= 0.6 is 0 Å². The molecule has 1 rings (SSSR count). The molecule has 0 saturated carbocycles. The Labute approximate surface area is 85.2 Å². The fourth-order valence-corrected chi connectivity index (χ4v) is 0.905. The van der Waals surface area contributed by atoms with E-state index in [1.165, 1.54) is 6.07 Å². The molecule has 0 spiro atoms. The Morgan fingerprint density at radius 1 is 1.40 bits per heavy atom. The molecule has 0 bridgehead atoms. The van der Waals surface area contributed by atoms with E-state index in [4.69, 9.17) is 10.2 Å². The number of hydrogen-bond acceptors (Lipinski definition) is 5. The number of rotatable bonds is 4. The SMILES string of the molecule is O=C(NC(CO)CO)c1ccc(=O)oc1. The van der Waals surface area contributed by atoms with Crippen LogP contribution in [0.4, 0.5) is 0 Å². The molecule has 1 aromatic rings. The Morgan fingerprint density at radius 2 is 2.07 bits per heavy atom. The van der Waals surface area contributed by atoms with Crippen LogP contribution in [-0.2, 0) is 0 Å². The number of amides is 1. The summed E-state index contributed by atoms with van der Waals surface area (Å²) in [5.74, 6) is -0.521. The van der Waals surface area contributed by atoms with Gasteiger partial charge in [-0.25, -0.2) is 4.79 Å². The second-order valence-corrected chi connectivity index (χ2v) is 2.88. The van der Waals surface area contributed by atoms with Gasteiger partial charge >= 0.3 is 5.63 Å². The Balaban J connectivity index is 2.68. The number of nitrogens with one attached hydrogen (secondary N) is 1. The maximum Gasteiger partial charge on any atom is 0.335 e. The number of hydrogen-bond donors (Lipinski definition) is 3. The molecule has 1 aromatic heterocycles. The average Bonchev–Trinajstić information content (AvgIpc) is 2.26. The van der Waals surface area contributed by atoms with Crippen molar-refractivity contribution in [3.8, 4) is 0 Å². The summed E-state index contributed by atoms with van der Waals surface area (Å²) in [7, 11) is 0. The van der Waals surface area contributed by atoms with E-state index in [0.717, 1.165) is 12.3 Å². The van der Waals surface area contributed by atoms with Gasteiger partial charge in [-0.15, -0.1) is 0 Å². The third-order valence-electron chi connectivity index (χ3n) is 1.74. The molecule has 0 aliphatic rings. The largest absolute Gasteiger partial charge is 0.430 e. The molecule has 6 heteroatoms. The van der Waals surface area contributed by atoms with Crippen molar-refractivity contribution in [3.05, 3.63) is 34.4 Å². The van der Waals surface area contributed by atoms with E-state index in [-0.39, 0.29) is 18.8 Å². The topological polar surface area (TPSA) is 99.8 Å². The van der Waals surface area contributed by atoms with Crippen molar-refractivity contribution < 1.29 is 19.4 Å². The summed E-state index contributed by atoms with van der Waals surface area (Å²) in [5.41, 5.74) is -0.395. The van der Waals surface area contributed by atoms with Gasteiger partial charge in [-0.2, -0.15) is 0 Å². The zero-order valence-electron chi connectivity index (χ0n) is 7.84. The first kappa shape index (κ1) is 11.4. The Kier molecular flexibility index (Phi) is 4.02. The monoisotopic (exact) mass is 213 g/mol. The van der Waals surface area contributed by atoms with Crippen LogP contribution in [0.3, 0.4) is 0 Å². The first-order chi connectivity index (χ1) is 7.17. The van der Waals surface area contributed by atoms with Crippen LogP contribution in [0.25, 0.3) is 0 Å². The van der Waals surface area contributed by atoms with Crippen LogP contribution in [0, 0.1) is 0 Å². The number of carbonyl (C=O) groups excluding carboxylic acids is 1. The molecule has 0 aliphatic carbocycles. The van der Waals surface area contributed by atoms with Gasteiger partial charge < -0.3 is 19.9 Å². The number of aliphatic hydroxyl groups excluding tert-OH is 2. The molecule has 3 N–H and O–H groups in total. The molecule has 0 atom stereocenters. The minimum absolute atomic E-state index is 0.154. The lowest BCUT2D eigenvalue weighted by Gasteiger charge is -2.12. The Hall–Kier alpha value is -1.66. The zero-order valence-corrected chi connectivity index (χ0v) is 7.84. The molecular formula is C9H11NO5. The molecule has 0 saturated heterocycles. The molecule has 0 aromatic carbocycles. The molecule has 6 nitrogen and oxygen atoms in total. The molecule has 1 amide bonds. The van der Waals surface area contributed by atoms with E-state index in [1.54, 1.807) is 0 Å². The summed E-state index contributed by atoms with van der Waals surface area (Å²) in [6, 6.07) is 1.69. The van der Waals surface area contributed by atoms with Crippen LogP contribution in [0.15, 0.2) is 27.6 Å². The summed E-state index contributed by atoms with van der Waals surface area (Å²) in [6.07, 6.45) is 1.02. The highest BCUT2D eigenvalue weighted by molar-refractivity contribution is 5.93. The molecule has 15 heavy (non-hydrogen) atoms. The van der Waals surface area contributed by atoms with Gasteiger partial charge in [0.2, 0.25) is 0 Å². The minimum Gasteiger partial charge on any atom is -0.430 e. The maximum absolute atomic E-state index is 11.4. The van der Waals surface area contributed by atoms with Crippen LogP contribution < -0.4 is 10.9 Å². The van der Waals surface area contributed by atoms with Gasteiger partial charge in [0.1, 0.15) is 6.26 Å². The predicted octanol–water partition coefficient (Wildman–Crippen LogP) is -1.28. The maximum atomic E-state index is 11.4. The highest BCUT2D eigenvalue weighted by atomic mass is 16.4. The van der Waals surface area contributed by atoms with Crippen molar-refractivity contribution in [3.63, 3.8) is 0 Å². The number of aliphatic hydroxyl groups is 2. The Morgan fingerprint density at radius 3 is 2.53 bits per heavy atom. The smallest absolute Gasteiger partial charge is 0.335 e. The summed E-state index contributed by atoms with van der Waals surface area (Å²) >= 11 is 0. The summed E-state index contributed by atoms with van der Waals surface area (Å²) in [4.78, 5) is 22.0. The number of carbonyl (C=O) groups is 1. The van der Waals surface area contributed by atoms with E-state index in [2.05, 4.69) is 9.73 Å². The summed E-state index contributed by atoms with van der Waals surface area (Å²) in [5, 5.41) is 19.8. The second-order valence-electron chi connectivity index (χ2n) is 2.88. The van der Waals surface area contributed by atoms with Gasteiger partial charge in [-0.05, 0) is 6.07 Å². The van der Waals surface area contributed by atoms with Crippen molar-refractivity contribution in [2.24, 2.45) is 0 Å². The van der Waals surface area contributed by atoms with Crippen molar-refractivity contribution in [1.29, 1.82) is 0 Å². The van der Waals surface area contributed by atoms with Crippen LogP contribution in [0.2, 0.25) is 0 Å². The molecular weight excluding hydrogens is 202 g/mol. The molecule has 82 valence electrons. The fraction of sp³-hybridized carbons (Fsp3) is 0.333. The van der Waals surface area contributed by atoms with Crippen LogP contribution in [0.5, 0.6) is 0 Å². The molecule has 1 heterocycles. The van der Waals surface area contributed by atoms with E-state index in [1.807, 2.05) is 0 Å². The van der Waals surface area contributed by atoms with Gasteiger partial charge in [0, 0.05) is 6.07 Å². The van der Waals surface area contributed by atoms with Gasteiger partial charge in [-0.3, -0.25) is 4.79 Å². The highest BCUT2D eigenvalue weighted by Crippen LogP contribution is 1.95. The highest BCUT2D eigenvalue weighted by Gasteiger charge is 2.12. The lowest BCUT2D eigenvalue weighted by Crippen LogP contribution is -2.40. The minimum atomic E-state index is -0.718. The third-order valence-corrected chi connectivity index (χ3v) is 1.74. The molecule has 0 unspecified atom stereocenters. The zero-order chi connectivity index (χ0) is 11.3. The van der Waals surface area contributed by atoms with Crippen LogP contribution in [-0.4, -0.2) is 35.4 Å². The summed E-state index contributed by atoms with van der Waals surface area (Å²) in [6.45, 7) is -0.724. The van der Waals surface area contributed by atoms with E-state index >= 15 is 0 Å². The fourth-order valence-electron chi connectivity index (χ4n) is 0.905. The lowest BCUT2D eigenvalue weighted by atomic mass is 10.2. The van der Waals surface area contributed by atoms with Crippen LogP contribution in [0.1, 0.15) is 10.4 Å². The first-order valence-electron chi connectivity index (χ1n) is 4.29. The molecule has 0 aliphatic heterocycles. The van der Waals surface area contributed by atoms with E-state index < -0.39 is 17.6 Å². The standard InChI is InChI=1S/C9H11NO5/c11-3-7(4-12)10-9(14)6-1-2-8(13)15-5-6/h1-2,5,7,11-12H,3-4H2,(H,10,14). The summed E-state index contributed by atoms with van der Waals surface area (Å²) < 4.78 is 4.49. The van der Waals surface area contributed by atoms with Gasteiger partial charge in [-0.1, -0.05) is 0 Å². The lowest BCUT2D eigenvalue weighted by molar-refractivity contribution is 0.0877. The average molecular weight is 213 g/mol. The normalized spacial score (nSPS) is 10.3. The van der Waals surface area contributed by atoms with E-state index in [9.17, 15) is 9.59 Å². The van der Waals surface area contributed by atoms with Crippen molar-refractivity contribution >= 4 is 5.91 Å². The molecule has 0 radical (unpaired) electrons. The van der Waals surface area contributed by atoms with Crippen molar-refractivity contribution in [2.45, 2.75) is 6.04 Å². The van der Waals surface area contributed by atoms with Gasteiger partial charge in [0.15, 0.2) is 0 Å². The molecule has 0 fully saturated rings.